The number of benzene rings is 3. The van der Waals surface area contributed by atoms with E-state index < -0.39 is 33.1 Å². The molecule has 3 N–H and O–H groups in total. The van der Waals surface area contributed by atoms with E-state index in [0.717, 1.165) is 0 Å². The van der Waals surface area contributed by atoms with Gasteiger partial charge < -0.3 is 14.6 Å². The Kier molecular flexibility index (Phi) is 11.0. The number of hydrazine groups is 1. The van der Waals surface area contributed by atoms with E-state index in [-0.39, 0.29) is 35.4 Å². The highest BCUT2D eigenvalue weighted by Gasteiger charge is 2.54. The van der Waals surface area contributed by atoms with Crippen LogP contribution in [0.1, 0.15) is 43.9 Å². The second-order valence-electron chi connectivity index (χ2n) is 10.6. The Balaban J connectivity index is 1.80. The third-order valence-corrected chi connectivity index (χ3v) is 8.70. The first-order chi connectivity index (χ1) is 21.2. The summed E-state index contributed by atoms with van der Waals surface area (Å²) in [5, 5.41) is 12.8. The Labute approximate surface area is 256 Å². The van der Waals surface area contributed by atoms with Crippen LogP contribution in [0.4, 0.5) is 5.69 Å². The van der Waals surface area contributed by atoms with Gasteiger partial charge in [-0.2, -0.15) is 0 Å². The summed E-state index contributed by atoms with van der Waals surface area (Å²) in [6, 6.07) is 21.5. The van der Waals surface area contributed by atoms with E-state index >= 15 is 0 Å². The minimum absolute atomic E-state index is 0.0115. The van der Waals surface area contributed by atoms with Crippen molar-refractivity contribution in [3.8, 4) is 5.75 Å². The predicted octanol–water partition coefficient (Wildman–Crippen LogP) is 4.79. The van der Waals surface area contributed by atoms with Gasteiger partial charge in [-0.05, 0) is 47.8 Å². The predicted molar refractivity (Wildman–Crippen MR) is 166 cm³/mol. The zero-order chi connectivity index (χ0) is 31.6. The van der Waals surface area contributed by atoms with E-state index in [9.17, 15) is 18.7 Å². The highest BCUT2D eigenvalue weighted by Crippen LogP contribution is 2.45. The SMILES string of the molecule is CC(C)CNNC(=O)[C@@]1(CCS(=O)(=O)c2ccccc2)N=C(c2ccc(OCCCO)cc2)O[C@H]1c1ccccc1N=[N+]=[N-]. The number of nitrogens with zero attached hydrogens (tertiary/aromatic N) is 4. The van der Waals surface area contributed by atoms with E-state index in [0.29, 0.717) is 36.4 Å². The van der Waals surface area contributed by atoms with Crippen molar-refractivity contribution in [2.45, 2.75) is 43.2 Å². The minimum Gasteiger partial charge on any atom is -0.494 e. The lowest BCUT2D eigenvalue weighted by Gasteiger charge is -2.31. The molecule has 0 unspecified atom stereocenters. The summed E-state index contributed by atoms with van der Waals surface area (Å²) in [7, 11) is -3.82. The Bertz CT molecular complexity index is 1610. The van der Waals surface area contributed by atoms with E-state index in [1.165, 1.54) is 12.1 Å². The Morgan fingerprint density at radius 3 is 2.50 bits per heavy atom. The summed E-state index contributed by atoms with van der Waals surface area (Å²) >= 11 is 0. The third-order valence-electron chi connectivity index (χ3n) is 6.97. The molecule has 0 radical (unpaired) electrons. The fourth-order valence-corrected chi connectivity index (χ4v) is 6.06. The van der Waals surface area contributed by atoms with Gasteiger partial charge in [0.2, 0.25) is 5.90 Å². The van der Waals surface area contributed by atoms with Gasteiger partial charge in [-0.3, -0.25) is 10.2 Å². The normalized spacial score (nSPS) is 17.8. The zero-order valence-corrected chi connectivity index (χ0v) is 25.4. The maximum atomic E-state index is 14.1. The van der Waals surface area contributed by atoms with Crippen molar-refractivity contribution >= 4 is 27.3 Å². The molecule has 1 heterocycles. The van der Waals surface area contributed by atoms with Crippen LogP contribution >= 0.6 is 0 Å². The lowest BCUT2D eigenvalue weighted by molar-refractivity contribution is -0.130. The number of aliphatic hydroxyl groups is 1. The van der Waals surface area contributed by atoms with Gasteiger partial charge in [0.05, 0.1) is 17.3 Å². The van der Waals surface area contributed by atoms with Crippen LogP contribution in [-0.4, -0.2) is 56.4 Å². The summed E-state index contributed by atoms with van der Waals surface area (Å²) in [6.07, 6.45) is -0.884. The monoisotopic (exact) mass is 620 g/mol. The van der Waals surface area contributed by atoms with Crippen LogP contribution in [0.25, 0.3) is 10.4 Å². The number of carbonyl (C=O) groups excluding carboxylic acids is 1. The van der Waals surface area contributed by atoms with E-state index in [4.69, 9.17) is 19.6 Å². The van der Waals surface area contributed by atoms with Crippen molar-refractivity contribution in [2.75, 3.05) is 25.5 Å². The number of nitrogens with one attached hydrogen (secondary N) is 2. The molecule has 12 nitrogen and oxygen atoms in total. The van der Waals surface area contributed by atoms with Gasteiger partial charge in [-0.25, -0.2) is 18.8 Å². The maximum Gasteiger partial charge on any atom is 0.266 e. The van der Waals surface area contributed by atoms with Crippen LogP contribution < -0.4 is 15.6 Å². The smallest absolute Gasteiger partial charge is 0.266 e. The number of hydrogen-bond donors (Lipinski definition) is 3. The first-order valence-electron chi connectivity index (χ1n) is 14.3. The zero-order valence-electron chi connectivity index (χ0n) is 24.6. The standard InChI is InChI=1S/C31H36N6O6S/c1-22(2)21-33-36-30(39)31(17-20-44(40,41)25-9-4-3-5-10-25)28(26-11-6-7-12-27(26)35-37-32)43-29(34-31)23-13-15-24(16-14-23)42-19-8-18-38/h3-7,9-16,22,28,33,38H,8,17-21H2,1-2H3,(H,36,39)/t28-,31-/m0/s1. The molecule has 0 aromatic heterocycles. The number of ether oxygens (including phenoxy) is 2. The molecule has 1 aliphatic rings. The fraction of sp³-hybridized carbons (Fsp3) is 0.355. The number of azide groups is 1. The quantitative estimate of drug-likeness (QED) is 0.0720. The van der Waals surface area contributed by atoms with Crippen molar-refractivity contribution in [1.29, 1.82) is 0 Å². The largest absolute Gasteiger partial charge is 0.494 e. The van der Waals surface area contributed by atoms with E-state index in [1.54, 1.807) is 66.7 Å². The van der Waals surface area contributed by atoms with Crippen LogP contribution in [-0.2, 0) is 19.4 Å². The van der Waals surface area contributed by atoms with Crippen molar-refractivity contribution in [3.63, 3.8) is 0 Å². The summed E-state index contributed by atoms with van der Waals surface area (Å²) < 4.78 is 38.9. The molecule has 1 amide bonds. The van der Waals surface area contributed by atoms with Gasteiger partial charge >= 0.3 is 0 Å². The summed E-state index contributed by atoms with van der Waals surface area (Å²) in [5.41, 5.74) is 14.3. The Morgan fingerprint density at radius 2 is 1.82 bits per heavy atom. The van der Waals surface area contributed by atoms with Crippen LogP contribution in [0.2, 0.25) is 0 Å². The van der Waals surface area contributed by atoms with Crippen molar-refractivity contribution in [2.24, 2.45) is 16.0 Å². The highest BCUT2D eigenvalue weighted by atomic mass is 32.2. The molecule has 0 bridgehead atoms. The number of sulfone groups is 1. The molecular formula is C31H36N6O6S. The second-order valence-corrected chi connectivity index (χ2v) is 12.8. The number of hydrogen-bond acceptors (Lipinski definition) is 9. The molecule has 1 aliphatic heterocycles. The van der Waals surface area contributed by atoms with E-state index in [2.05, 4.69) is 20.9 Å². The third kappa shape index (κ3) is 7.74. The summed E-state index contributed by atoms with van der Waals surface area (Å²) in [4.78, 5) is 22.0. The first kappa shape index (κ1) is 32.5. The summed E-state index contributed by atoms with van der Waals surface area (Å²) in [5.74, 6) is -0.109. The average Bonchev–Trinajstić information content (AvgIpc) is 3.42. The molecular weight excluding hydrogens is 584 g/mol. The molecule has 0 fully saturated rings. The maximum absolute atomic E-state index is 14.1. The van der Waals surface area contributed by atoms with Crippen LogP contribution in [0, 0.1) is 5.92 Å². The van der Waals surface area contributed by atoms with E-state index in [1.807, 2.05) is 13.8 Å². The molecule has 4 rings (SSSR count). The lowest BCUT2D eigenvalue weighted by Crippen LogP contribution is -2.54. The fourth-order valence-electron chi connectivity index (χ4n) is 4.68. The summed E-state index contributed by atoms with van der Waals surface area (Å²) in [6.45, 7) is 4.77. The Morgan fingerprint density at radius 1 is 1.11 bits per heavy atom. The van der Waals surface area contributed by atoms with Gasteiger partial charge in [-0.1, -0.05) is 61.4 Å². The van der Waals surface area contributed by atoms with Crippen molar-refractivity contribution < 1.29 is 27.8 Å². The molecule has 232 valence electrons. The van der Waals surface area contributed by atoms with Crippen LogP contribution in [0.5, 0.6) is 5.75 Å². The highest BCUT2D eigenvalue weighted by molar-refractivity contribution is 7.91. The van der Waals surface area contributed by atoms with Gasteiger partial charge in [0.1, 0.15) is 5.75 Å². The minimum atomic E-state index is -3.82. The van der Waals surface area contributed by atoms with Gasteiger partial charge in [0.25, 0.3) is 5.91 Å². The number of aliphatic imine (C=N–C) groups is 1. The van der Waals surface area contributed by atoms with Gasteiger partial charge in [-0.15, -0.1) is 0 Å². The number of amides is 1. The average molecular weight is 621 g/mol. The van der Waals surface area contributed by atoms with Gasteiger partial charge in [0, 0.05) is 47.7 Å². The molecule has 3 aromatic carbocycles. The molecule has 44 heavy (non-hydrogen) atoms. The number of carbonyl (C=O) groups is 1. The molecule has 3 aromatic rings. The van der Waals surface area contributed by atoms with Crippen molar-refractivity contribution in [1.82, 2.24) is 10.9 Å². The second kappa shape index (κ2) is 14.8. The number of aliphatic hydroxyl groups excluding tert-OH is 1. The van der Waals surface area contributed by atoms with Crippen LogP contribution in [0.15, 0.2) is 93.9 Å². The first-order valence-corrected chi connectivity index (χ1v) is 15.9. The van der Waals surface area contributed by atoms with Gasteiger partial charge in [0.15, 0.2) is 21.5 Å². The molecule has 13 heteroatoms. The molecule has 0 spiro atoms. The topological polar surface area (TPSA) is 175 Å². The lowest BCUT2D eigenvalue weighted by atomic mass is 9.84. The molecule has 0 saturated carbocycles. The van der Waals surface area contributed by atoms with Crippen LogP contribution in [0.3, 0.4) is 0 Å². The van der Waals surface area contributed by atoms with Crippen molar-refractivity contribution in [3.05, 3.63) is 100 Å². The number of rotatable bonds is 15. The molecule has 0 aliphatic carbocycles. The molecule has 2 atom stereocenters. The molecule has 0 saturated heterocycles. The Hall–Kier alpha value is -4.42.